The normalized spacial score (nSPS) is 11.8. The summed E-state index contributed by atoms with van der Waals surface area (Å²) in [5, 5.41) is 6.04. The van der Waals surface area contributed by atoms with Gasteiger partial charge in [-0.05, 0) is 26.1 Å². The van der Waals surface area contributed by atoms with Gasteiger partial charge in [0.15, 0.2) is 17.5 Å². The molecule has 0 bridgehead atoms. The molecule has 0 amide bonds. The van der Waals surface area contributed by atoms with E-state index in [1.54, 1.807) is 32.4 Å². The molecular weight excluding hydrogens is 464 g/mol. The lowest BCUT2D eigenvalue weighted by Crippen LogP contribution is -2.39. The molecule has 0 heterocycles. The predicted octanol–water partition coefficient (Wildman–Crippen LogP) is 3.19. The van der Waals surface area contributed by atoms with Gasteiger partial charge in [0, 0.05) is 31.9 Å². The predicted molar refractivity (Wildman–Crippen MR) is 108 cm³/mol. The van der Waals surface area contributed by atoms with Gasteiger partial charge in [0.1, 0.15) is 0 Å². The SMILES string of the molecule is CCOc1cc(NC(=NC)NCCN(C)CC(F)(F)F)ccc1OC.I. The van der Waals surface area contributed by atoms with E-state index in [0.29, 0.717) is 30.6 Å². The fourth-order valence-electron chi connectivity index (χ4n) is 2.09. The average Bonchev–Trinajstić information content (AvgIpc) is 2.52. The Morgan fingerprint density at radius 3 is 2.50 bits per heavy atom. The van der Waals surface area contributed by atoms with Gasteiger partial charge < -0.3 is 20.1 Å². The lowest BCUT2D eigenvalue weighted by molar-refractivity contribution is -0.142. The maximum Gasteiger partial charge on any atom is 0.401 e. The molecule has 0 aliphatic heterocycles. The van der Waals surface area contributed by atoms with Gasteiger partial charge in [0.25, 0.3) is 0 Å². The Balaban J connectivity index is 0.00000625. The molecule has 0 aromatic heterocycles. The second kappa shape index (κ2) is 12.0. The molecule has 1 aromatic carbocycles. The molecule has 6 nitrogen and oxygen atoms in total. The van der Waals surface area contributed by atoms with Crippen molar-refractivity contribution in [2.45, 2.75) is 13.1 Å². The molecule has 0 spiro atoms. The minimum atomic E-state index is -4.20. The lowest BCUT2D eigenvalue weighted by Gasteiger charge is -2.19. The number of halogens is 4. The summed E-state index contributed by atoms with van der Waals surface area (Å²) in [6.45, 7) is 1.97. The van der Waals surface area contributed by atoms with Crippen LogP contribution in [0.15, 0.2) is 23.2 Å². The van der Waals surface area contributed by atoms with Crippen LogP contribution in [0.4, 0.5) is 18.9 Å². The number of alkyl halides is 3. The molecule has 1 aromatic rings. The molecule has 26 heavy (non-hydrogen) atoms. The maximum absolute atomic E-state index is 12.3. The van der Waals surface area contributed by atoms with Crippen molar-refractivity contribution < 1.29 is 22.6 Å². The fraction of sp³-hybridized carbons (Fsp3) is 0.562. The van der Waals surface area contributed by atoms with Crippen molar-refractivity contribution in [3.63, 3.8) is 0 Å². The summed E-state index contributed by atoms with van der Waals surface area (Å²) in [7, 11) is 4.56. The van der Waals surface area contributed by atoms with Crippen LogP contribution in [0.2, 0.25) is 0 Å². The van der Waals surface area contributed by atoms with Gasteiger partial charge in [-0.1, -0.05) is 0 Å². The minimum absolute atomic E-state index is 0. The second-order valence-corrected chi connectivity index (χ2v) is 5.28. The van der Waals surface area contributed by atoms with Gasteiger partial charge in [0.05, 0.1) is 20.3 Å². The van der Waals surface area contributed by atoms with Crippen LogP contribution in [-0.2, 0) is 0 Å². The van der Waals surface area contributed by atoms with Crippen molar-refractivity contribution in [1.29, 1.82) is 0 Å². The first-order valence-corrected chi connectivity index (χ1v) is 7.82. The maximum atomic E-state index is 12.3. The first-order chi connectivity index (χ1) is 11.8. The summed E-state index contributed by atoms with van der Waals surface area (Å²) < 4.78 is 47.6. The first-order valence-electron chi connectivity index (χ1n) is 7.82. The molecule has 0 aliphatic carbocycles. The molecule has 0 aliphatic rings. The molecule has 0 saturated carbocycles. The Morgan fingerprint density at radius 2 is 1.96 bits per heavy atom. The van der Waals surface area contributed by atoms with Crippen LogP contribution in [0.1, 0.15) is 6.92 Å². The first kappa shape index (κ1) is 24.6. The Bertz CT molecular complexity index is 571. The molecule has 150 valence electrons. The highest BCUT2D eigenvalue weighted by Crippen LogP contribution is 2.30. The van der Waals surface area contributed by atoms with Crippen LogP contribution >= 0.6 is 24.0 Å². The standard InChI is InChI=1S/C16H25F3N4O2.HI/c1-5-25-14-10-12(6-7-13(14)24-4)22-15(20-2)21-8-9-23(3)11-16(17,18)19;/h6-7,10H,5,8-9,11H2,1-4H3,(H2,20,21,22);1H. The van der Waals surface area contributed by atoms with Crippen LogP contribution < -0.4 is 20.1 Å². The van der Waals surface area contributed by atoms with Crippen molar-refractivity contribution in [2.24, 2.45) is 4.99 Å². The molecule has 0 atom stereocenters. The number of ether oxygens (including phenoxy) is 2. The van der Waals surface area contributed by atoms with Crippen LogP contribution in [0.25, 0.3) is 0 Å². The molecule has 10 heteroatoms. The summed E-state index contributed by atoms with van der Waals surface area (Å²) >= 11 is 0. The quantitative estimate of drug-likeness (QED) is 0.333. The van der Waals surface area contributed by atoms with Crippen LogP contribution in [0, 0.1) is 0 Å². The highest BCUT2D eigenvalue weighted by atomic mass is 127. The smallest absolute Gasteiger partial charge is 0.401 e. The molecular formula is C16H26F3IN4O2. The minimum Gasteiger partial charge on any atom is -0.493 e. The summed E-state index contributed by atoms with van der Waals surface area (Å²) in [5.74, 6) is 1.66. The number of aliphatic imine (C=N–C) groups is 1. The Hall–Kier alpha value is -1.43. The zero-order chi connectivity index (χ0) is 18.9. The van der Waals surface area contributed by atoms with Crippen LogP contribution in [0.5, 0.6) is 11.5 Å². The number of nitrogens with zero attached hydrogens (tertiary/aromatic N) is 2. The van der Waals surface area contributed by atoms with Gasteiger partial charge in [-0.3, -0.25) is 9.89 Å². The van der Waals surface area contributed by atoms with E-state index in [4.69, 9.17) is 9.47 Å². The zero-order valence-corrected chi connectivity index (χ0v) is 17.6. The van der Waals surface area contributed by atoms with E-state index in [1.807, 2.05) is 6.92 Å². The zero-order valence-electron chi connectivity index (χ0n) is 15.3. The molecule has 2 N–H and O–H groups in total. The van der Waals surface area contributed by atoms with Crippen LogP contribution in [-0.4, -0.2) is 64.5 Å². The van der Waals surface area contributed by atoms with E-state index in [9.17, 15) is 13.2 Å². The number of hydrogen-bond acceptors (Lipinski definition) is 4. The molecule has 1 rings (SSSR count). The van der Waals surface area contributed by atoms with Crippen molar-refractivity contribution >= 4 is 35.6 Å². The number of anilines is 1. The third-order valence-corrected chi connectivity index (χ3v) is 3.18. The van der Waals surface area contributed by atoms with Crippen molar-refractivity contribution in [1.82, 2.24) is 10.2 Å². The van der Waals surface area contributed by atoms with E-state index < -0.39 is 12.7 Å². The third kappa shape index (κ3) is 9.32. The Morgan fingerprint density at radius 1 is 1.27 bits per heavy atom. The number of benzene rings is 1. The Labute approximate surface area is 169 Å². The van der Waals surface area contributed by atoms with E-state index in [-0.39, 0.29) is 30.5 Å². The summed E-state index contributed by atoms with van der Waals surface area (Å²) in [6, 6.07) is 5.33. The number of guanidine groups is 1. The topological polar surface area (TPSA) is 58.1 Å². The number of nitrogens with one attached hydrogen (secondary N) is 2. The lowest BCUT2D eigenvalue weighted by atomic mass is 10.2. The number of hydrogen-bond donors (Lipinski definition) is 2. The van der Waals surface area contributed by atoms with Gasteiger partial charge >= 0.3 is 6.18 Å². The highest BCUT2D eigenvalue weighted by molar-refractivity contribution is 14.0. The van der Waals surface area contributed by atoms with Gasteiger partial charge in [-0.2, -0.15) is 13.2 Å². The second-order valence-electron chi connectivity index (χ2n) is 5.28. The molecule has 0 saturated heterocycles. The molecule has 0 unspecified atom stereocenters. The highest BCUT2D eigenvalue weighted by Gasteiger charge is 2.28. The number of rotatable bonds is 8. The van der Waals surface area contributed by atoms with Crippen molar-refractivity contribution in [3.8, 4) is 11.5 Å². The van der Waals surface area contributed by atoms with Crippen molar-refractivity contribution in [3.05, 3.63) is 18.2 Å². The Kier molecular flexibility index (Phi) is 11.4. The largest absolute Gasteiger partial charge is 0.493 e. The summed E-state index contributed by atoms with van der Waals surface area (Å²) in [6.07, 6.45) is -4.20. The third-order valence-electron chi connectivity index (χ3n) is 3.18. The van der Waals surface area contributed by atoms with Gasteiger partial charge in [-0.15, -0.1) is 24.0 Å². The number of likely N-dealkylation sites (N-methyl/N-ethyl adjacent to an activating group) is 1. The van der Waals surface area contributed by atoms with Crippen molar-refractivity contribution in [2.75, 3.05) is 52.8 Å². The van der Waals surface area contributed by atoms with Gasteiger partial charge in [0.2, 0.25) is 0 Å². The summed E-state index contributed by atoms with van der Waals surface area (Å²) in [5.41, 5.74) is 0.723. The molecule has 0 fully saturated rings. The van der Waals surface area contributed by atoms with E-state index in [1.165, 1.54) is 11.9 Å². The molecule has 0 radical (unpaired) electrons. The fourth-order valence-corrected chi connectivity index (χ4v) is 2.09. The van der Waals surface area contributed by atoms with E-state index >= 15 is 0 Å². The van der Waals surface area contributed by atoms with E-state index in [0.717, 1.165) is 5.69 Å². The monoisotopic (exact) mass is 490 g/mol. The average molecular weight is 490 g/mol. The van der Waals surface area contributed by atoms with E-state index in [2.05, 4.69) is 15.6 Å². The summed E-state index contributed by atoms with van der Waals surface area (Å²) in [4.78, 5) is 5.25. The van der Waals surface area contributed by atoms with Gasteiger partial charge in [-0.25, -0.2) is 0 Å². The van der Waals surface area contributed by atoms with Crippen LogP contribution in [0.3, 0.4) is 0 Å². The number of methoxy groups -OCH3 is 1.